The molecule has 0 aromatic rings. The molecule has 3 unspecified atom stereocenters. The third-order valence-corrected chi connectivity index (χ3v) is 21.2. The van der Waals surface area contributed by atoms with Crippen molar-refractivity contribution in [1.82, 2.24) is 22.8 Å². The molecule has 4 aliphatic rings. The number of rotatable bonds is 6. The number of hydrogen-bond donors (Lipinski definition) is 1. The molecule has 0 saturated carbocycles. The first-order valence-corrected chi connectivity index (χ1v) is 20.5. The van der Waals surface area contributed by atoms with Crippen molar-refractivity contribution in [2.75, 3.05) is 39.3 Å². The molecule has 2 bridgehead atoms. The van der Waals surface area contributed by atoms with E-state index in [0.717, 1.165) is 45.7 Å². The van der Waals surface area contributed by atoms with Gasteiger partial charge < -0.3 is 0 Å². The van der Waals surface area contributed by atoms with Crippen molar-refractivity contribution in [3.63, 3.8) is 0 Å². The molecule has 4 heterocycles. The molecule has 7 heteroatoms. The number of nitrogens with one attached hydrogen (secondary N) is 1. The zero-order valence-corrected chi connectivity index (χ0v) is 22.4. The molecule has 3 atom stereocenters. The first-order chi connectivity index (χ1) is 14.6. The molecular weight excluding hydrogens is 591 g/mol. The summed E-state index contributed by atoms with van der Waals surface area (Å²) in [5.41, 5.74) is 2.39. The van der Waals surface area contributed by atoms with E-state index in [9.17, 15) is 0 Å². The summed E-state index contributed by atoms with van der Waals surface area (Å²) in [6.07, 6.45) is 12.2. The molecule has 2 saturated heterocycles. The van der Waals surface area contributed by atoms with Crippen LogP contribution >= 0.6 is 8.45 Å². The summed E-state index contributed by atoms with van der Waals surface area (Å²) in [6, 6.07) is 0. The topological polar surface area (TPSA) is 25.0 Å². The van der Waals surface area contributed by atoms with Crippen molar-refractivity contribution in [2.45, 2.75) is 53.6 Å². The van der Waals surface area contributed by atoms with Crippen LogP contribution in [-0.4, -0.2) is 86.2 Å². The summed E-state index contributed by atoms with van der Waals surface area (Å²) in [7, 11) is 7.93. The fourth-order valence-corrected chi connectivity index (χ4v) is 22.4. The second-order valence-corrected chi connectivity index (χ2v) is 22.1. The van der Waals surface area contributed by atoms with Crippen LogP contribution in [0.5, 0.6) is 0 Å². The van der Waals surface area contributed by atoms with Gasteiger partial charge in [0.15, 0.2) is 0 Å². The normalized spacial score (nSPS) is 35.3. The summed E-state index contributed by atoms with van der Waals surface area (Å²) in [5.74, 6) is 6.56. The van der Waals surface area contributed by atoms with Crippen LogP contribution in [0.4, 0.5) is 0 Å². The predicted octanol–water partition coefficient (Wildman–Crippen LogP) is 3.16. The van der Waals surface area contributed by atoms with Crippen LogP contribution in [0, 0.1) is 11.8 Å². The van der Waals surface area contributed by atoms with Gasteiger partial charge in [-0.05, 0) is 0 Å². The van der Waals surface area contributed by atoms with Crippen LogP contribution in [0.25, 0.3) is 0 Å². The third kappa shape index (κ3) is 4.42. The molecule has 4 rings (SSSR count). The third-order valence-electron chi connectivity index (χ3n) is 6.25. The first kappa shape index (κ1) is 22.5. The maximum atomic E-state index is 7.93. The van der Waals surface area contributed by atoms with Crippen molar-refractivity contribution in [2.24, 2.45) is 0 Å². The molecule has 4 aliphatic heterocycles. The fraction of sp³-hybridized carbons (Fsp3) is 0.652. The second-order valence-electron chi connectivity index (χ2n) is 8.72. The standard InChI is InChI=1S/C23H36N5.ClH.Po/c1-4-6-12-25-14-16-27(20-25)18-22(3)10-8-9-11-23(24)19-28-17-15-26(21-28)13-7-5-2;;/h11,14,16,20-21,24H,3-7,10,12-13,15,17-19H2,1-2H3;1H;/q-1;;+2/p-1/b23-11-;;. The zero-order chi connectivity index (χ0) is 21.1. The molecular formula is C23H36ClN5Po. The molecule has 0 aliphatic carbocycles. The number of fused-ring (bicyclic) bond motifs is 6. The Morgan fingerprint density at radius 1 is 1.13 bits per heavy atom. The van der Waals surface area contributed by atoms with Gasteiger partial charge in [-0.25, -0.2) is 0 Å². The summed E-state index contributed by atoms with van der Waals surface area (Å²) in [6.45, 7) is 15.1. The second kappa shape index (κ2) is 9.83. The van der Waals surface area contributed by atoms with E-state index in [2.05, 4.69) is 73.6 Å². The molecule has 0 spiro atoms. The Balaban J connectivity index is 1.74. The Kier molecular flexibility index (Phi) is 7.37. The first-order valence-electron chi connectivity index (χ1n) is 11.4. The number of hydrogen-bond acceptors (Lipinski definition) is 5. The Morgan fingerprint density at radius 3 is 2.73 bits per heavy atom. The van der Waals surface area contributed by atoms with E-state index in [1.165, 1.54) is 37.0 Å². The Labute approximate surface area is 191 Å². The van der Waals surface area contributed by atoms with E-state index >= 15 is 0 Å². The maximum absolute atomic E-state index is 7.93. The Morgan fingerprint density at radius 2 is 1.93 bits per heavy atom. The van der Waals surface area contributed by atoms with Gasteiger partial charge in [0.1, 0.15) is 0 Å². The van der Waals surface area contributed by atoms with Gasteiger partial charge >= 0.3 is 192 Å². The van der Waals surface area contributed by atoms with E-state index in [4.69, 9.17) is 8.45 Å². The number of halogens is 1. The molecule has 0 aromatic carbocycles. The summed E-state index contributed by atoms with van der Waals surface area (Å²) in [5, 5.41) is 0. The molecule has 0 amide bonds. The Hall–Kier alpha value is -0.714. The molecule has 2 fully saturated rings. The van der Waals surface area contributed by atoms with Gasteiger partial charge in [-0.1, -0.05) is 0 Å². The van der Waals surface area contributed by atoms with Crippen LogP contribution in [0.3, 0.4) is 0 Å². The SMILES string of the molecule is C=C1CC#C/C=C2/CN3CCN(CCCC)[CH]3[Po]([Cl])([NH]2)[CH]2N(CCCC)C=CN2C1. The van der Waals surface area contributed by atoms with Crippen molar-refractivity contribution in [1.29, 1.82) is 0 Å². The minimum atomic E-state index is -3.54. The van der Waals surface area contributed by atoms with Gasteiger partial charge in [0.25, 0.3) is 0 Å². The van der Waals surface area contributed by atoms with Gasteiger partial charge in [0, 0.05) is 0 Å². The van der Waals surface area contributed by atoms with Gasteiger partial charge in [-0.15, -0.1) is 0 Å². The van der Waals surface area contributed by atoms with Gasteiger partial charge in [0.2, 0.25) is 0 Å². The fourth-order valence-electron chi connectivity index (χ4n) is 4.81. The summed E-state index contributed by atoms with van der Waals surface area (Å²) in [4.78, 5) is 10.3. The van der Waals surface area contributed by atoms with Crippen LogP contribution < -0.4 is 3.22 Å². The number of unbranched alkanes of at least 4 members (excludes halogenated alkanes) is 2. The number of nitrogens with zero attached hydrogens (tertiary/aromatic N) is 4. The van der Waals surface area contributed by atoms with Crippen LogP contribution in [-0.2, 0) is 0 Å². The average Bonchev–Trinajstić information content (AvgIpc) is 3.32. The van der Waals surface area contributed by atoms with E-state index in [-0.39, 0.29) is 3.82 Å². The van der Waals surface area contributed by atoms with E-state index in [1.807, 2.05) is 0 Å². The summed E-state index contributed by atoms with van der Waals surface area (Å²) >= 11 is -3.54. The molecule has 30 heavy (non-hydrogen) atoms. The Bertz CT molecular complexity index is 771. The van der Waals surface area contributed by atoms with Gasteiger partial charge in [-0.3, -0.25) is 0 Å². The van der Waals surface area contributed by atoms with Crippen LogP contribution in [0.15, 0.2) is 36.3 Å². The van der Waals surface area contributed by atoms with Crippen molar-refractivity contribution in [3.8, 4) is 11.8 Å². The molecule has 1 N–H and O–H groups in total. The van der Waals surface area contributed by atoms with Crippen molar-refractivity contribution in [3.05, 3.63) is 36.3 Å². The molecule has 5 nitrogen and oxygen atoms in total. The average molecular weight is 627 g/mol. The van der Waals surface area contributed by atoms with Crippen LogP contribution in [0.2, 0.25) is 0 Å². The van der Waals surface area contributed by atoms with E-state index < -0.39 is 19.7 Å². The monoisotopic (exact) mass is 626 g/mol. The predicted molar refractivity (Wildman–Crippen MR) is 127 cm³/mol. The molecule has 0 aromatic heterocycles. The number of allylic oxidation sites excluding steroid dienone is 1. The van der Waals surface area contributed by atoms with Crippen molar-refractivity contribution < 1.29 is 0 Å². The van der Waals surface area contributed by atoms with Crippen LogP contribution in [0.1, 0.15) is 46.0 Å². The van der Waals surface area contributed by atoms with E-state index in [1.54, 1.807) is 0 Å². The quantitative estimate of drug-likeness (QED) is 0.361. The van der Waals surface area contributed by atoms with Gasteiger partial charge in [-0.2, -0.15) is 0 Å². The van der Waals surface area contributed by atoms with Gasteiger partial charge in [0.05, 0.1) is 0 Å². The zero-order valence-electron chi connectivity index (χ0n) is 18.4. The minimum absolute atomic E-state index is 0.235. The summed E-state index contributed by atoms with van der Waals surface area (Å²) < 4.78 is 4.59. The molecule has 166 valence electrons. The van der Waals surface area contributed by atoms with E-state index in [0.29, 0.717) is 3.82 Å². The van der Waals surface area contributed by atoms with Crippen molar-refractivity contribution >= 4 is 28.1 Å². The molecule has 0 radical (unpaired) electrons.